The lowest BCUT2D eigenvalue weighted by atomic mass is 10.00. The molecule has 1 aromatic carbocycles. The lowest BCUT2D eigenvalue weighted by Crippen LogP contribution is -1.90. The Kier molecular flexibility index (Phi) is 2.65. The lowest BCUT2D eigenvalue weighted by molar-refractivity contribution is 0.110. The molecule has 1 aromatic heterocycles. The number of halogens is 1. The molecule has 0 saturated heterocycles. The van der Waals surface area contributed by atoms with Gasteiger partial charge in [-0.2, -0.15) is 0 Å². The number of para-hydroxylation sites is 1. The molecule has 1 heterocycles. The standard InChI is InChI=1S/C12H11BrO2/c1-7(2)11-8-4-3-5-9(13)12(8)15-10(11)6-14/h3-7H,1-2H3. The van der Waals surface area contributed by atoms with Gasteiger partial charge in [0.2, 0.25) is 0 Å². The number of fused-ring (bicyclic) bond motifs is 1. The number of furan rings is 1. The normalized spacial score (nSPS) is 11.2. The minimum Gasteiger partial charge on any atom is -0.452 e. The average molecular weight is 267 g/mol. The molecule has 2 nitrogen and oxygen atoms in total. The second-order valence-electron chi connectivity index (χ2n) is 3.77. The SMILES string of the molecule is CC(C)c1c(C=O)oc2c(Br)cccc12. The van der Waals surface area contributed by atoms with Gasteiger partial charge in [-0.15, -0.1) is 0 Å². The van der Waals surface area contributed by atoms with Gasteiger partial charge in [0, 0.05) is 10.9 Å². The Labute approximate surface area is 96.4 Å². The number of benzene rings is 1. The third-order valence-electron chi connectivity index (χ3n) is 2.42. The maximum absolute atomic E-state index is 10.9. The van der Waals surface area contributed by atoms with Crippen LogP contribution in [0.5, 0.6) is 0 Å². The summed E-state index contributed by atoms with van der Waals surface area (Å²) >= 11 is 3.41. The van der Waals surface area contributed by atoms with Crippen LogP contribution in [0.1, 0.15) is 35.9 Å². The molecular formula is C12H11BrO2. The molecule has 0 saturated carbocycles. The fourth-order valence-electron chi connectivity index (χ4n) is 1.81. The summed E-state index contributed by atoms with van der Waals surface area (Å²) in [5.41, 5.74) is 1.74. The first kappa shape index (κ1) is 10.4. The van der Waals surface area contributed by atoms with Crippen molar-refractivity contribution in [2.24, 2.45) is 0 Å². The van der Waals surface area contributed by atoms with E-state index >= 15 is 0 Å². The molecular weight excluding hydrogens is 256 g/mol. The van der Waals surface area contributed by atoms with Gasteiger partial charge in [-0.05, 0) is 27.9 Å². The highest BCUT2D eigenvalue weighted by molar-refractivity contribution is 9.10. The molecule has 0 amide bonds. The zero-order valence-electron chi connectivity index (χ0n) is 8.58. The van der Waals surface area contributed by atoms with Gasteiger partial charge in [0.1, 0.15) is 5.58 Å². The zero-order valence-corrected chi connectivity index (χ0v) is 10.2. The van der Waals surface area contributed by atoms with Gasteiger partial charge in [-0.3, -0.25) is 4.79 Å². The molecule has 0 aliphatic carbocycles. The molecule has 3 heteroatoms. The molecule has 15 heavy (non-hydrogen) atoms. The quantitative estimate of drug-likeness (QED) is 0.766. The van der Waals surface area contributed by atoms with Crippen LogP contribution in [0.15, 0.2) is 27.1 Å². The monoisotopic (exact) mass is 266 g/mol. The van der Waals surface area contributed by atoms with Gasteiger partial charge in [-0.1, -0.05) is 26.0 Å². The molecule has 0 radical (unpaired) electrons. The predicted molar refractivity (Wildman–Crippen MR) is 63.4 cm³/mol. The van der Waals surface area contributed by atoms with E-state index in [0.29, 0.717) is 5.76 Å². The minimum absolute atomic E-state index is 0.278. The number of hydrogen-bond donors (Lipinski definition) is 0. The van der Waals surface area contributed by atoms with Crippen molar-refractivity contribution in [3.8, 4) is 0 Å². The van der Waals surface area contributed by atoms with Crippen molar-refractivity contribution < 1.29 is 9.21 Å². The Bertz CT molecular complexity index is 512. The number of rotatable bonds is 2. The Morgan fingerprint density at radius 3 is 2.73 bits per heavy atom. The van der Waals surface area contributed by atoms with E-state index in [9.17, 15) is 4.79 Å². The van der Waals surface area contributed by atoms with Crippen molar-refractivity contribution in [2.45, 2.75) is 19.8 Å². The Morgan fingerprint density at radius 2 is 2.13 bits per heavy atom. The van der Waals surface area contributed by atoms with Crippen LogP contribution in [-0.4, -0.2) is 6.29 Å². The molecule has 2 rings (SSSR count). The Morgan fingerprint density at radius 1 is 1.40 bits per heavy atom. The van der Waals surface area contributed by atoms with Gasteiger partial charge >= 0.3 is 0 Å². The second kappa shape index (κ2) is 3.81. The third-order valence-corrected chi connectivity index (χ3v) is 3.04. The molecule has 0 atom stereocenters. The largest absolute Gasteiger partial charge is 0.452 e. The molecule has 0 bridgehead atoms. The van der Waals surface area contributed by atoms with Crippen LogP contribution in [0.4, 0.5) is 0 Å². The smallest absolute Gasteiger partial charge is 0.185 e. The molecule has 2 aromatic rings. The summed E-state index contributed by atoms with van der Waals surface area (Å²) in [6, 6.07) is 5.83. The van der Waals surface area contributed by atoms with Gasteiger partial charge in [-0.25, -0.2) is 0 Å². The summed E-state index contributed by atoms with van der Waals surface area (Å²) in [4.78, 5) is 10.9. The summed E-state index contributed by atoms with van der Waals surface area (Å²) in [5, 5.41) is 1.02. The van der Waals surface area contributed by atoms with Gasteiger partial charge in [0.05, 0.1) is 4.47 Å². The lowest BCUT2D eigenvalue weighted by Gasteiger charge is -2.02. The highest BCUT2D eigenvalue weighted by Gasteiger charge is 2.17. The number of hydrogen-bond acceptors (Lipinski definition) is 2. The first-order valence-electron chi connectivity index (χ1n) is 4.81. The van der Waals surface area contributed by atoms with Crippen LogP contribution in [-0.2, 0) is 0 Å². The molecule has 0 unspecified atom stereocenters. The van der Waals surface area contributed by atoms with E-state index in [0.717, 1.165) is 27.3 Å². The van der Waals surface area contributed by atoms with E-state index < -0.39 is 0 Å². The van der Waals surface area contributed by atoms with E-state index in [1.807, 2.05) is 18.2 Å². The summed E-state index contributed by atoms with van der Waals surface area (Å²) < 4.78 is 6.41. The van der Waals surface area contributed by atoms with E-state index in [1.54, 1.807) is 0 Å². The summed E-state index contributed by atoms with van der Waals surface area (Å²) in [5.74, 6) is 0.715. The van der Waals surface area contributed by atoms with E-state index in [4.69, 9.17) is 4.42 Å². The first-order valence-corrected chi connectivity index (χ1v) is 5.60. The maximum atomic E-state index is 10.9. The maximum Gasteiger partial charge on any atom is 0.185 e. The number of carbonyl (C=O) groups is 1. The van der Waals surface area contributed by atoms with Gasteiger partial charge < -0.3 is 4.42 Å². The van der Waals surface area contributed by atoms with Crippen molar-refractivity contribution in [1.82, 2.24) is 0 Å². The highest BCUT2D eigenvalue weighted by Crippen LogP contribution is 2.34. The summed E-state index contributed by atoms with van der Waals surface area (Å²) in [6.07, 6.45) is 0.780. The van der Waals surface area contributed by atoms with Crippen LogP contribution < -0.4 is 0 Å². The van der Waals surface area contributed by atoms with E-state index in [1.165, 1.54) is 0 Å². The molecule has 0 spiro atoms. The topological polar surface area (TPSA) is 30.2 Å². The molecule has 0 aliphatic rings. The Hall–Kier alpha value is -1.09. The summed E-state index contributed by atoms with van der Waals surface area (Å²) in [7, 11) is 0. The van der Waals surface area contributed by atoms with Crippen LogP contribution in [0.3, 0.4) is 0 Å². The second-order valence-corrected chi connectivity index (χ2v) is 4.62. The van der Waals surface area contributed by atoms with Crippen molar-refractivity contribution in [2.75, 3.05) is 0 Å². The minimum atomic E-state index is 0.278. The van der Waals surface area contributed by atoms with Crippen LogP contribution in [0, 0.1) is 0 Å². The fourth-order valence-corrected chi connectivity index (χ4v) is 2.25. The first-order chi connectivity index (χ1) is 7.15. The molecule has 78 valence electrons. The zero-order chi connectivity index (χ0) is 11.0. The number of carbonyl (C=O) groups excluding carboxylic acids is 1. The van der Waals surface area contributed by atoms with Crippen molar-refractivity contribution in [3.63, 3.8) is 0 Å². The Balaban J connectivity index is 2.86. The fraction of sp³-hybridized carbons (Fsp3) is 0.250. The van der Waals surface area contributed by atoms with Crippen LogP contribution >= 0.6 is 15.9 Å². The van der Waals surface area contributed by atoms with Gasteiger partial charge in [0.25, 0.3) is 0 Å². The average Bonchev–Trinajstić information content (AvgIpc) is 2.57. The van der Waals surface area contributed by atoms with Crippen LogP contribution in [0.25, 0.3) is 11.0 Å². The van der Waals surface area contributed by atoms with Crippen LogP contribution in [0.2, 0.25) is 0 Å². The van der Waals surface area contributed by atoms with E-state index in [2.05, 4.69) is 29.8 Å². The number of aldehydes is 1. The van der Waals surface area contributed by atoms with Crippen molar-refractivity contribution in [3.05, 3.63) is 34.0 Å². The highest BCUT2D eigenvalue weighted by atomic mass is 79.9. The predicted octanol–water partition coefficient (Wildman–Crippen LogP) is 4.13. The molecule has 0 N–H and O–H groups in total. The molecule has 0 fully saturated rings. The van der Waals surface area contributed by atoms with Crippen molar-refractivity contribution >= 4 is 33.2 Å². The van der Waals surface area contributed by atoms with Gasteiger partial charge in [0.15, 0.2) is 12.0 Å². The summed E-state index contributed by atoms with van der Waals surface area (Å²) in [6.45, 7) is 4.11. The molecule has 0 aliphatic heterocycles. The third kappa shape index (κ3) is 1.61. The van der Waals surface area contributed by atoms with E-state index in [-0.39, 0.29) is 5.92 Å². The van der Waals surface area contributed by atoms with Crippen molar-refractivity contribution in [1.29, 1.82) is 0 Å².